The molecule has 1 atom stereocenters. The van der Waals surface area contributed by atoms with Gasteiger partial charge in [0.15, 0.2) is 0 Å². The van der Waals surface area contributed by atoms with Gasteiger partial charge in [0.05, 0.1) is 11.6 Å². The predicted octanol–water partition coefficient (Wildman–Crippen LogP) is 5.21. The minimum absolute atomic E-state index is 0.0142. The molecule has 0 radical (unpaired) electrons. The monoisotopic (exact) mass is 436 g/mol. The molecule has 0 bridgehead atoms. The molecule has 1 fully saturated rings. The Morgan fingerprint density at radius 3 is 2.50 bits per heavy atom. The van der Waals surface area contributed by atoms with Gasteiger partial charge in [0, 0.05) is 28.5 Å². The molecule has 0 saturated carbocycles. The number of nitrogens with zero attached hydrogens (tertiary/aromatic N) is 1. The number of benzene rings is 3. The van der Waals surface area contributed by atoms with E-state index < -0.39 is 0 Å². The fraction of sp³-hybridized carbons (Fsp3) is 0.217. The van der Waals surface area contributed by atoms with Crippen molar-refractivity contribution in [3.8, 4) is 0 Å². The summed E-state index contributed by atoms with van der Waals surface area (Å²) < 4.78 is 1.05. The highest BCUT2D eigenvalue weighted by Gasteiger charge is 2.35. The van der Waals surface area contributed by atoms with Crippen molar-refractivity contribution in [1.29, 1.82) is 0 Å². The van der Waals surface area contributed by atoms with Gasteiger partial charge in [0.2, 0.25) is 11.8 Å². The number of amides is 2. The number of anilines is 2. The smallest absolute Gasteiger partial charge is 0.229 e. The van der Waals surface area contributed by atoms with Gasteiger partial charge < -0.3 is 10.2 Å². The average Bonchev–Trinajstić information content (AvgIpc) is 3.07. The molecular formula is C23H21BrN2O2. The van der Waals surface area contributed by atoms with Gasteiger partial charge in [-0.3, -0.25) is 9.59 Å². The Kier molecular flexibility index (Phi) is 4.94. The number of aryl methyl sites for hydroxylation is 2. The van der Waals surface area contributed by atoms with Crippen molar-refractivity contribution in [2.75, 3.05) is 16.8 Å². The molecule has 3 aromatic carbocycles. The Hall–Kier alpha value is -2.66. The maximum absolute atomic E-state index is 12.8. The van der Waals surface area contributed by atoms with E-state index in [1.807, 2.05) is 68.4 Å². The third-order valence-electron chi connectivity index (χ3n) is 5.26. The van der Waals surface area contributed by atoms with E-state index in [-0.39, 0.29) is 24.2 Å². The van der Waals surface area contributed by atoms with Crippen LogP contribution in [0.15, 0.2) is 59.1 Å². The largest absolute Gasteiger partial charge is 0.326 e. The van der Waals surface area contributed by atoms with Gasteiger partial charge in [0.25, 0.3) is 0 Å². The number of halogens is 1. The number of carbonyl (C=O) groups is 2. The number of carbonyl (C=O) groups excluding carboxylic acids is 2. The molecular weight excluding hydrogens is 416 g/mol. The van der Waals surface area contributed by atoms with Gasteiger partial charge in [0.1, 0.15) is 0 Å². The van der Waals surface area contributed by atoms with Crippen LogP contribution in [0.5, 0.6) is 0 Å². The van der Waals surface area contributed by atoms with Gasteiger partial charge in [-0.2, -0.15) is 0 Å². The second-order valence-corrected chi connectivity index (χ2v) is 8.11. The van der Waals surface area contributed by atoms with E-state index >= 15 is 0 Å². The van der Waals surface area contributed by atoms with Gasteiger partial charge in [-0.25, -0.2) is 0 Å². The lowest BCUT2D eigenvalue weighted by atomic mass is 10.1. The molecule has 0 aliphatic carbocycles. The molecule has 2 amide bonds. The summed E-state index contributed by atoms with van der Waals surface area (Å²) >= 11 is 3.54. The lowest BCUT2D eigenvalue weighted by molar-refractivity contribution is -0.122. The molecule has 4 rings (SSSR count). The van der Waals surface area contributed by atoms with Gasteiger partial charge in [-0.15, -0.1) is 0 Å². The summed E-state index contributed by atoms with van der Waals surface area (Å²) in [5.74, 6) is -0.493. The summed E-state index contributed by atoms with van der Waals surface area (Å²) in [5.41, 5.74) is 3.76. The summed E-state index contributed by atoms with van der Waals surface area (Å²) in [5, 5.41) is 5.10. The predicted molar refractivity (Wildman–Crippen MR) is 117 cm³/mol. The molecule has 3 aromatic rings. The normalized spacial score (nSPS) is 16.6. The lowest BCUT2D eigenvalue weighted by Gasteiger charge is -2.19. The summed E-state index contributed by atoms with van der Waals surface area (Å²) in [6.45, 7) is 4.38. The zero-order chi connectivity index (χ0) is 19.8. The van der Waals surface area contributed by atoms with Crippen molar-refractivity contribution in [3.05, 3.63) is 70.2 Å². The van der Waals surface area contributed by atoms with E-state index in [4.69, 9.17) is 0 Å². The summed E-state index contributed by atoms with van der Waals surface area (Å²) in [6.07, 6.45) is 0.226. The third kappa shape index (κ3) is 3.42. The first kappa shape index (κ1) is 18.7. The summed E-state index contributed by atoms with van der Waals surface area (Å²) in [6, 6.07) is 17.8. The second-order valence-electron chi connectivity index (χ2n) is 7.32. The Bertz CT molecular complexity index is 1060. The minimum atomic E-state index is -0.365. The first-order valence-electron chi connectivity index (χ1n) is 9.30. The van der Waals surface area contributed by atoms with E-state index in [1.54, 1.807) is 4.90 Å². The molecule has 0 unspecified atom stereocenters. The van der Waals surface area contributed by atoms with Gasteiger partial charge >= 0.3 is 0 Å². The van der Waals surface area contributed by atoms with Crippen LogP contribution in [0.1, 0.15) is 17.5 Å². The topological polar surface area (TPSA) is 49.4 Å². The van der Waals surface area contributed by atoms with Crippen molar-refractivity contribution in [1.82, 2.24) is 0 Å². The number of nitrogens with one attached hydrogen (secondary N) is 1. The van der Waals surface area contributed by atoms with Crippen molar-refractivity contribution in [2.24, 2.45) is 5.92 Å². The van der Waals surface area contributed by atoms with Crippen LogP contribution in [0.2, 0.25) is 0 Å². The van der Waals surface area contributed by atoms with Crippen LogP contribution in [-0.2, 0) is 9.59 Å². The molecule has 5 heteroatoms. The van der Waals surface area contributed by atoms with Crippen molar-refractivity contribution < 1.29 is 9.59 Å². The van der Waals surface area contributed by atoms with E-state index in [9.17, 15) is 9.59 Å². The van der Waals surface area contributed by atoms with Crippen LogP contribution in [0.3, 0.4) is 0 Å². The highest BCUT2D eigenvalue weighted by Crippen LogP contribution is 2.32. The van der Waals surface area contributed by atoms with Crippen LogP contribution < -0.4 is 10.2 Å². The number of fused-ring (bicyclic) bond motifs is 1. The van der Waals surface area contributed by atoms with E-state index in [2.05, 4.69) is 21.2 Å². The molecule has 1 saturated heterocycles. The first-order chi connectivity index (χ1) is 13.4. The first-order valence-corrected chi connectivity index (χ1v) is 10.1. The maximum Gasteiger partial charge on any atom is 0.229 e. The molecule has 1 aliphatic heterocycles. The molecule has 1 aliphatic rings. The van der Waals surface area contributed by atoms with Crippen LogP contribution in [0.25, 0.3) is 10.8 Å². The SMILES string of the molecule is Cc1cc(NC(=O)[C@H]2CC(=O)N(c3cccc4ccccc34)C2)cc(C)c1Br. The van der Waals surface area contributed by atoms with Crippen LogP contribution in [0.4, 0.5) is 11.4 Å². The molecule has 0 spiro atoms. The number of rotatable bonds is 3. The number of hydrogen-bond acceptors (Lipinski definition) is 2. The van der Waals surface area contributed by atoms with E-state index in [1.165, 1.54) is 0 Å². The third-order valence-corrected chi connectivity index (χ3v) is 6.51. The quantitative estimate of drug-likeness (QED) is 0.612. The molecule has 0 aromatic heterocycles. The summed E-state index contributed by atoms with van der Waals surface area (Å²) in [4.78, 5) is 27.2. The fourth-order valence-electron chi connectivity index (χ4n) is 3.82. The Labute approximate surface area is 172 Å². The zero-order valence-corrected chi connectivity index (χ0v) is 17.4. The molecule has 142 valence electrons. The fourth-order valence-corrected chi connectivity index (χ4v) is 4.05. The van der Waals surface area contributed by atoms with E-state index in [0.717, 1.165) is 37.7 Å². The highest BCUT2D eigenvalue weighted by molar-refractivity contribution is 9.10. The van der Waals surface area contributed by atoms with E-state index in [0.29, 0.717) is 6.54 Å². The average molecular weight is 437 g/mol. The molecule has 28 heavy (non-hydrogen) atoms. The van der Waals surface area contributed by atoms with Gasteiger partial charge in [-0.1, -0.05) is 52.3 Å². The Balaban J connectivity index is 1.55. The molecule has 1 N–H and O–H groups in total. The standard InChI is InChI=1S/C23H21BrN2O2/c1-14-10-18(11-15(2)22(14)24)25-23(28)17-12-21(27)26(13-17)20-9-5-7-16-6-3-4-8-19(16)20/h3-11,17H,12-13H2,1-2H3,(H,25,28)/t17-/m0/s1. The van der Waals surface area contributed by atoms with Gasteiger partial charge in [-0.05, 0) is 48.6 Å². The lowest BCUT2D eigenvalue weighted by Crippen LogP contribution is -2.28. The Morgan fingerprint density at radius 2 is 1.75 bits per heavy atom. The van der Waals surface area contributed by atoms with Crippen LogP contribution >= 0.6 is 15.9 Å². The van der Waals surface area contributed by atoms with Crippen molar-refractivity contribution >= 4 is 49.9 Å². The molecule has 1 heterocycles. The Morgan fingerprint density at radius 1 is 1.07 bits per heavy atom. The number of hydrogen-bond donors (Lipinski definition) is 1. The van der Waals surface area contributed by atoms with Crippen molar-refractivity contribution in [2.45, 2.75) is 20.3 Å². The molecule has 4 nitrogen and oxygen atoms in total. The van der Waals surface area contributed by atoms with Crippen LogP contribution in [0, 0.1) is 19.8 Å². The highest BCUT2D eigenvalue weighted by atomic mass is 79.9. The zero-order valence-electron chi connectivity index (χ0n) is 15.8. The van der Waals surface area contributed by atoms with Crippen LogP contribution in [-0.4, -0.2) is 18.4 Å². The summed E-state index contributed by atoms with van der Waals surface area (Å²) in [7, 11) is 0. The second kappa shape index (κ2) is 7.40. The minimum Gasteiger partial charge on any atom is -0.326 e. The maximum atomic E-state index is 12.8. The van der Waals surface area contributed by atoms with Crippen molar-refractivity contribution in [3.63, 3.8) is 0 Å².